The molecule has 0 unspecified atom stereocenters. The minimum Gasteiger partial charge on any atom is -0.485 e. The Labute approximate surface area is 151 Å². The molecule has 0 bridgehead atoms. The third-order valence-electron chi connectivity index (χ3n) is 4.18. The number of nitrogens with zero attached hydrogens (tertiary/aromatic N) is 1. The van der Waals surface area contributed by atoms with Gasteiger partial charge in [-0.25, -0.2) is 0 Å². The summed E-state index contributed by atoms with van der Waals surface area (Å²) in [5.74, 6) is 0.860. The summed E-state index contributed by atoms with van der Waals surface area (Å²) in [5.41, 5.74) is 7.18. The first-order chi connectivity index (χ1) is 12.3. The van der Waals surface area contributed by atoms with Crippen molar-refractivity contribution < 1.29 is 4.74 Å². The second-order valence-electron chi connectivity index (χ2n) is 5.89. The Morgan fingerprint density at radius 2 is 1.60 bits per heavy atom. The fraction of sp³-hybridized carbons (Fsp3) is 0.0952. The van der Waals surface area contributed by atoms with Crippen LogP contribution in [0.1, 0.15) is 23.7 Å². The molecule has 4 rings (SSSR count). The first kappa shape index (κ1) is 15.7. The quantitative estimate of drug-likeness (QED) is 0.618. The first-order valence-electron chi connectivity index (χ1n) is 8.19. The maximum Gasteiger partial charge on any atom is 0.129 e. The molecule has 1 N–H and O–H groups in total. The summed E-state index contributed by atoms with van der Waals surface area (Å²) in [6.45, 7) is 0. The van der Waals surface area contributed by atoms with Gasteiger partial charge in [0.2, 0.25) is 0 Å². The van der Waals surface area contributed by atoms with Crippen molar-refractivity contribution >= 4 is 23.0 Å². The largest absolute Gasteiger partial charge is 0.485 e. The summed E-state index contributed by atoms with van der Waals surface area (Å²) in [5, 5.41) is 5.35. The smallest absolute Gasteiger partial charge is 0.129 e. The Hall–Kier alpha value is -2.78. The van der Waals surface area contributed by atoms with E-state index in [4.69, 9.17) is 16.3 Å². The lowest BCUT2D eigenvalue weighted by molar-refractivity contribution is 0.206. The van der Waals surface area contributed by atoms with Crippen LogP contribution >= 0.6 is 11.6 Å². The standard InChI is InChI=1S/C21H17ClN2O/c22-16-10-12-17(13-11-16)23-24-19-14-21(15-6-2-1-3-7-15)25-20-9-5-4-8-18(19)20/h1-13,21,23H,14H2/t21-/m1/s1. The highest BCUT2D eigenvalue weighted by Crippen LogP contribution is 2.35. The zero-order valence-electron chi connectivity index (χ0n) is 13.5. The highest BCUT2D eigenvalue weighted by Gasteiger charge is 2.25. The number of benzene rings is 3. The van der Waals surface area contributed by atoms with Gasteiger partial charge < -0.3 is 4.74 Å². The van der Waals surface area contributed by atoms with Crippen molar-refractivity contribution in [1.82, 2.24) is 0 Å². The minimum absolute atomic E-state index is 0.0399. The normalized spacial score (nSPS) is 17.6. The van der Waals surface area contributed by atoms with Gasteiger partial charge in [-0.1, -0.05) is 54.1 Å². The number of hydrogen-bond donors (Lipinski definition) is 1. The Morgan fingerprint density at radius 1 is 0.880 bits per heavy atom. The minimum atomic E-state index is -0.0399. The molecule has 1 atom stereocenters. The summed E-state index contributed by atoms with van der Waals surface area (Å²) in [6.07, 6.45) is 0.670. The van der Waals surface area contributed by atoms with E-state index in [0.29, 0.717) is 11.4 Å². The van der Waals surface area contributed by atoms with Crippen LogP contribution in [0.25, 0.3) is 0 Å². The van der Waals surface area contributed by atoms with Gasteiger partial charge in [0, 0.05) is 17.0 Å². The van der Waals surface area contributed by atoms with E-state index in [2.05, 4.69) is 22.7 Å². The van der Waals surface area contributed by atoms with Crippen molar-refractivity contribution in [3.05, 3.63) is 95.0 Å². The van der Waals surface area contributed by atoms with E-state index in [1.54, 1.807) is 0 Å². The number of rotatable bonds is 3. The predicted octanol–water partition coefficient (Wildman–Crippen LogP) is 5.68. The van der Waals surface area contributed by atoms with Gasteiger partial charge in [0.25, 0.3) is 0 Å². The number of fused-ring (bicyclic) bond motifs is 1. The summed E-state index contributed by atoms with van der Waals surface area (Å²) in [4.78, 5) is 0. The van der Waals surface area contributed by atoms with Crippen LogP contribution in [-0.2, 0) is 0 Å². The maximum atomic E-state index is 6.19. The molecule has 0 spiro atoms. The van der Waals surface area contributed by atoms with E-state index in [-0.39, 0.29) is 6.10 Å². The van der Waals surface area contributed by atoms with Crippen molar-refractivity contribution in [2.75, 3.05) is 5.43 Å². The first-order valence-corrected chi connectivity index (χ1v) is 8.56. The fourth-order valence-electron chi connectivity index (χ4n) is 2.90. The second-order valence-corrected chi connectivity index (χ2v) is 6.33. The molecule has 0 fully saturated rings. The van der Waals surface area contributed by atoms with Crippen LogP contribution in [0.15, 0.2) is 84.0 Å². The van der Waals surface area contributed by atoms with E-state index in [9.17, 15) is 0 Å². The van der Waals surface area contributed by atoms with Crippen molar-refractivity contribution in [2.24, 2.45) is 5.10 Å². The molecule has 0 radical (unpaired) electrons. The third-order valence-corrected chi connectivity index (χ3v) is 4.43. The summed E-state index contributed by atoms with van der Waals surface area (Å²) >= 11 is 5.93. The average Bonchev–Trinajstić information content (AvgIpc) is 2.68. The van der Waals surface area contributed by atoms with Gasteiger partial charge in [0.15, 0.2) is 0 Å². The van der Waals surface area contributed by atoms with E-state index < -0.39 is 0 Å². The maximum absolute atomic E-state index is 6.19. The van der Waals surface area contributed by atoms with Gasteiger partial charge in [0.05, 0.1) is 11.4 Å². The van der Waals surface area contributed by atoms with Gasteiger partial charge in [-0.3, -0.25) is 5.43 Å². The number of ether oxygens (including phenoxy) is 1. The number of anilines is 1. The van der Waals surface area contributed by atoms with Crippen LogP contribution in [0.5, 0.6) is 5.75 Å². The zero-order chi connectivity index (χ0) is 17.1. The lowest BCUT2D eigenvalue weighted by Gasteiger charge is -2.27. The number of hydrazone groups is 1. The molecule has 0 amide bonds. The molecule has 4 heteroatoms. The number of halogens is 1. The van der Waals surface area contributed by atoms with Gasteiger partial charge >= 0.3 is 0 Å². The van der Waals surface area contributed by atoms with Crippen molar-refractivity contribution in [3.63, 3.8) is 0 Å². The van der Waals surface area contributed by atoms with Gasteiger partial charge in [-0.2, -0.15) is 5.10 Å². The zero-order valence-corrected chi connectivity index (χ0v) is 14.3. The van der Waals surface area contributed by atoms with E-state index in [1.165, 1.54) is 0 Å². The van der Waals surface area contributed by atoms with Crippen LogP contribution in [0, 0.1) is 0 Å². The van der Waals surface area contributed by atoms with Crippen molar-refractivity contribution in [2.45, 2.75) is 12.5 Å². The molecular formula is C21H17ClN2O. The highest BCUT2D eigenvalue weighted by atomic mass is 35.5. The monoisotopic (exact) mass is 348 g/mol. The number of hydrogen-bond acceptors (Lipinski definition) is 3. The predicted molar refractivity (Wildman–Crippen MR) is 102 cm³/mol. The number of para-hydroxylation sites is 1. The van der Waals surface area contributed by atoms with E-state index >= 15 is 0 Å². The van der Waals surface area contributed by atoms with Gasteiger partial charge in [-0.15, -0.1) is 0 Å². The molecule has 3 aromatic carbocycles. The molecule has 0 aliphatic carbocycles. The van der Waals surface area contributed by atoms with Crippen LogP contribution in [-0.4, -0.2) is 5.71 Å². The summed E-state index contributed by atoms with van der Waals surface area (Å²) in [7, 11) is 0. The lowest BCUT2D eigenvalue weighted by Crippen LogP contribution is -2.21. The molecule has 124 valence electrons. The summed E-state index contributed by atoms with van der Waals surface area (Å²) in [6, 6.07) is 25.8. The Balaban J connectivity index is 1.65. The molecule has 0 saturated carbocycles. The molecular weight excluding hydrogens is 332 g/mol. The third kappa shape index (κ3) is 3.52. The number of nitrogens with one attached hydrogen (secondary N) is 1. The Morgan fingerprint density at radius 3 is 2.40 bits per heavy atom. The van der Waals surface area contributed by atoms with Crippen LogP contribution in [0.4, 0.5) is 5.69 Å². The van der Waals surface area contributed by atoms with Crippen LogP contribution < -0.4 is 10.2 Å². The fourth-order valence-corrected chi connectivity index (χ4v) is 3.03. The van der Waals surface area contributed by atoms with E-state index in [1.807, 2.05) is 66.7 Å². The molecule has 3 nitrogen and oxygen atoms in total. The SMILES string of the molecule is Clc1ccc(NN=C2C[C@H](c3ccccc3)Oc3ccccc32)cc1. The Kier molecular flexibility index (Phi) is 4.40. The molecule has 1 aliphatic heterocycles. The van der Waals surface area contributed by atoms with Crippen molar-refractivity contribution in [1.29, 1.82) is 0 Å². The average molecular weight is 349 g/mol. The molecule has 25 heavy (non-hydrogen) atoms. The van der Waals surface area contributed by atoms with Crippen LogP contribution in [0.3, 0.4) is 0 Å². The van der Waals surface area contributed by atoms with E-state index in [0.717, 1.165) is 28.3 Å². The van der Waals surface area contributed by atoms with Gasteiger partial charge in [0.1, 0.15) is 11.9 Å². The second kappa shape index (κ2) is 6.99. The Bertz CT molecular complexity index is 891. The van der Waals surface area contributed by atoms with Crippen molar-refractivity contribution in [3.8, 4) is 5.75 Å². The topological polar surface area (TPSA) is 33.6 Å². The van der Waals surface area contributed by atoms with Crippen LogP contribution in [0.2, 0.25) is 5.02 Å². The lowest BCUT2D eigenvalue weighted by atomic mass is 9.96. The molecule has 1 aliphatic rings. The molecule has 0 aromatic heterocycles. The van der Waals surface area contributed by atoms with Gasteiger partial charge in [-0.05, 0) is 42.0 Å². The molecule has 0 saturated heterocycles. The summed E-state index contributed by atoms with van der Waals surface area (Å²) < 4.78 is 6.19. The molecule has 1 heterocycles. The highest BCUT2D eigenvalue weighted by molar-refractivity contribution is 6.30. The molecule has 3 aromatic rings.